The van der Waals surface area contributed by atoms with Gasteiger partial charge in [0.15, 0.2) is 0 Å². The standard InChI is InChI=1S/C7H12FNO2/c8-5-1-3-6(4-2-5)9-7(10)11/h5-6,9H,1-4H2,(H,10,11)/t5-,6-. The maximum atomic E-state index is 12.5. The van der Waals surface area contributed by atoms with Crippen LogP contribution in [0, 0.1) is 0 Å². The van der Waals surface area contributed by atoms with Gasteiger partial charge in [0, 0.05) is 6.04 Å². The van der Waals surface area contributed by atoms with Gasteiger partial charge in [-0.1, -0.05) is 0 Å². The van der Waals surface area contributed by atoms with Crippen molar-refractivity contribution < 1.29 is 14.3 Å². The monoisotopic (exact) mass is 161 g/mol. The Hall–Kier alpha value is -0.800. The van der Waals surface area contributed by atoms with Crippen molar-refractivity contribution in [2.45, 2.75) is 37.9 Å². The SMILES string of the molecule is O=C(O)N[C@H]1CC[C@H](F)CC1. The number of hydrogen-bond donors (Lipinski definition) is 2. The second-order valence-corrected chi connectivity index (χ2v) is 2.90. The molecule has 0 spiro atoms. The van der Waals surface area contributed by atoms with Crippen LogP contribution in [0.4, 0.5) is 9.18 Å². The lowest BCUT2D eigenvalue weighted by Crippen LogP contribution is -2.36. The van der Waals surface area contributed by atoms with Gasteiger partial charge in [-0.2, -0.15) is 0 Å². The van der Waals surface area contributed by atoms with E-state index in [1.54, 1.807) is 0 Å². The van der Waals surface area contributed by atoms with Crippen LogP contribution in [0.2, 0.25) is 0 Å². The summed E-state index contributed by atoms with van der Waals surface area (Å²) in [6.07, 6.45) is 0.519. The molecule has 0 radical (unpaired) electrons. The third-order valence-electron chi connectivity index (χ3n) is 1.98. The Morgan fingerprint density at radius 2 is 1.91 bits per heavy atom. The zero-order valence-electron chi connectivity index (χ0n) is 6.22. The van der Waals surface area contributed by atoms with Crippen LogP contribution in [0.1, 0.15) is 25.7 Å². The molecule has 0 atom stereocenters. The van der Waals surface area contributed by atoms with Gasteiger partial charge < -0.3 is 10.4 Å². The fourth-order valence-corrected chi connectivity index (χ4v) is 1.37. The second kappa shape index (κ2) is 3.55. The van der Waals surface area contributed by atoms with E-state index >= 15 is 0 Å². The van der Waals surface area contributed by atoms with Gasteiger partial charge in [-0.25, -0.2) is 9.18 Å². The first kappa shape index (κ1) is 8.30. The van der Waals surface area contributed by atoms with E-state index in [0.29, 0.717) is 25.7 Å². The highest BCUT2D eigenvalue weighted by molar-refractivity contribution is 5.64. The minimum atomic E-state index is -1.01. The lowest BCUT2D eigenvalue weighted by atomic mass is 9.94. The van der Waals surface area contributed by atoms with Crippen molar-refractivity contribution in [3.63, 3.8) is 0 Å². The van der Waals surface area contributed by atoms with Crippen LogP contribution in [0.5, 0.6) is 0 Å². The van der Waals surface area contributed by atoms with E-state index in [-0.39, 0.29) is 6.04 Å². The first-order valence-corrected chi connectivity index (χ1v) is 3.82. The average molecular weight is 161 g/mol. The van der Waals surface area contributed by atoms with E-state index in [1.165, 1.54) is 0 Å². The molecule has 2 N–H and O–H groups in total. The highest BCUT2D eigenvalue weighted by Gasteiger charge is 2.21. The van der Waals surface area contributed by atoms with Crippen LogP contribution < -0.4 is 5.32 Å². The first-order chi connectivity index (χ1) is 5.18. The topological polar surface area (TPSA) is 49.3 Å². The van der Waals surface area contributed by atoms with Crippen LogP contribution in [0.15, 0.2) is 0 Å². The molecule has 0 saturated heterocycles. The maximum absolute atomic E-state index is 12.5. The summed E-state index contributed by atoms with van der Waals surface area (Å²) in [7, 11) is 0. The van der Waals surface area contributed by atoms with Crippen molar-refractivity contribution in [2.24, 2.45) is 0 Å². The molecule has 1 saturated carbocycles. The first-order valence-electron chi connectivity index (χ1n) is 3.82. The van der Waals surface area contributed by atoms with E-state index in [9.17, 15) is 9.18 Å². The van der Waals surface area contributed by atoms with Gasteiger partial charge in [0.05, 0.1) is 0 Å². The molecule has 4 heteroatoms. The van der Waals surface area contributed by atoms with Crippen LogP contribution >= 0.6 is 0 Å². The molecule has 1 aliphatic rings. The Morgan fingerprint density at radius 1 is 1.36 bits per heavy atom. The third-order valence-corrected chi connectivity index (χ3v) is 1.98. The van der Waals surface area contributed by atoms with Gasteiger partial charge in [-0.3, -0.25) is 0 Å². The quantitative estimate of drug-likeness (QED) is 0.612. The molecule has 0 heterocycles. The minimum Gasteiger partial charge on any atom is -0.465 e. The van der Waals surface area contributed by atoms with Crippen molar-refractivity contribution in [1.29, 1.82) is 0 Å². The van der Waals surface area contributed by atoms with Crippen LogP contribution in [0.3, 0.4) is 0 Å². The molecule has 1 amide bonds. The predicted octanol–water partition coefficient (Wildman–Crippen LogP) is 1.53. The van der Waals surface area contributed by atoms with E-state index < -0.39 is 12.3 Å². The molecule has 1 rings (SSSR count). The number of carbonyl (C=O) groups is 1. The molecule has 11 heavy (non-hydrogen) atoms. The smallest absolute Gasteiger partial charge is 0.404 e. The summed E-state index contributed by atoms with van der Waals surface area (Å²) >= 11 is 0. The fraction of sp³-hybridized carbons (Fsp3) is 0.857. The van der Waals surface area contributed by atoms with E-state index in [4.69, 9.17) is 5.11 Å². The van der Waals surface area contributed by atoms with Gasteiger partial charge >= 0.3 is 6.09 Å². The summed E-state index contributed by atoms with van der Waals surface area (Å²) in [4.78, 5) is 10.1. The van der Waals surface area contributed by atoms with Crippen LogP contribution in [-0.2, 0) is 0 Å². The zero-order valence-corrected chi connectivity index (χ0v) is 6.22. The Balaban J connectivity index is 2.22. The normalized spacial score (nSPS) is 31.4. The number of nitrogens with one attached hydrogen (secondary N) is 1. The van der Waals surface area contributed by atoms with Gasteiger partial charge in [-0.15, -0.1) is 0 Å². The fourth-order valence-electron chi connectivity index (χ4n) is 1.37. The van der Waals surface area contributed by atoms with Crippen molar-refractivity contribution >= 4 is 6.09 Å². The Labute approximate surface area is 64.6 Å². The number of carboxylic acid groups (broad SMARTS) is 1. The van der Waals surface area contributed by atoms with Crippen molar-refractivity contribution in [2.75, 3.05) is 0 Å². The molecule has 0 aromatic carbocycles. The van der Waals surface area contributed by atoms with E-state index in [0.717, 1.165) is 0 Å². The number of hydrogen-bond acceptors (Lipinski definition) is 1. The maximum Gasteiger partial charge on any atom is 0.404 e. The van der Waals surface area contributed by atoms with Crippen molar-refractivity contribution in [3.05, 3.63) is 0 Å². The number of rotatable bonds is 1. The molecule has 0 aromatic heterocycles. The average Bonchev–Trinajstić information content (AvgIpc) is 1.93. The summed E-state index contributed by atoms with van der Waals surface area (Å²) in [6, 6.07) is -0.0282. The molecule has 1 fully saturated rings. The minimum absolute atomic E-state index is 0.0282. The Kier molecular flexibility index (Phi) is 2.68. The summed E-state index contributed by atoms with van der Waals surface area (Å²) in [5.41, 5.74) is 0. The second-order valence-electron chi connectivity index (χ2n) is 2.90. The van der Waals surface area contributed by atoms with Gasteiger partial charge in [0.1, 0.15) is 6.17 Å². The molecule has 0 aromatic rings. The third kappa shape index (κ3) is 2.74. The summed E-state index contributed by atoms with van der Waals surface area (Å²) < 4.78 is 12.5. The lowest BCUT2D eigenvalue weighted by molar-refractivity contribution is 0.175. The molecule has 0 unspecified atom stereocenters. The molecule has 3 nitrogen and oxygen atoms in total. The molecule has 0 bridgehead atoms. The molecule has 64 valence electrons. The van der Waals surface area contributed by atoms with Gasteiger partial charge in [0.2, 0.25) is 0 Å². The number of amides is 1. The number of halogens is 1. The van der Waals surface area contributed by atoms with Crippen molar-refractivity contribution in [1.82, 2.24) is 5.32 Å². The van der Waals surface area contributed by atoms with Crippen LogP contribution in [-0.4, -0.2) is 23.4 Å². The molecule has 0 aliphatic heterocycles. The zero-order chi connectivity index (χ0) is 8.27. The van der Waals surface area contributed by atoms with E-state index in [1.807, 2.05) is 0 Å². The highest BCUT2D eigenvalue weighted by atomic mass is 19.1. The molecular formula is C7H12FNO2. The molecule has 1 aliphatic carbocycles. The van der Waals surface area contributed by atoms with E-state index in [2.05, 4.69) is 5.32 Å². The highest BCUT2D eigenvalue weighted by Crippen LogP contribution is 2.20. The largest absolute Gasteiger partial charge is 0.465 e. The Morgan fingerprint density at radius 3 is 2.36 bits per heavy atom. The van der Waals surface area contributed by atoms with Gasteiger partial charge in [-0.05, 0) is 25.7 Å². The van der Waals surface area contributed by atoms with Crippen LogP contribution in [0.25, 0.3) is 0 Å². The lowest BCUT2D eigenvalue weighted by Gasteiger charge is -2.23. The summed E-state index contributed by atoms with van der Waals surface area (Å²) in [5.74, 6) is 0. The summed E-state index contributed by atoms with van der Waals surface area (Å²) in [5, 5.41) is 10.7. The number of alkyl halides is 1. The Bertz CT molecular complexity index is 143. The molecular weight excluding hydrogens is 149 g/mol. The van der Waals surface area contributed by atoms with Crippen molar-refractivity contribution in [3.8, 4) is 0 Å². The predicted molar refractivity (Wildman–Crippen MR) is 38.3 cm³/mol. The van der Waals surface area contributed by atoms with Gasteiger partial charge in [0.25, 0.3) is 0 Å². The summed E-state index contributed by atoms with van der Waals surface area (Å²) in [6.45, 7) is 0.